The van der Waals surface area contributed by atoms with Crippen molar-refractivity contribution in [2.45, 2.75) is 33.4 Å². The van der Waals surface area contributed by atoms with Crippen molar-refractivity contribution < 1.29 is 9.59 Å². The van der Waals surface area contributed by atoms with Crippen LogP contribution >= 0.6 is 24.8 Å². The number of aromatic nitrogens is 1. The molecule has 1 aromatic heterocycles. The van der Waals surface area contributed by atoms with Crippen molar-refractivity contribution in [2.24, 2.45) is 11.1 Å². The van der Waals surface area contributed by atoms with Crippen LogP contribution in [-0.4, -0.2) is 22.8 Å². The van der Waals surface area contributed by atoms with E-state index in [0.717, 1.165) is 5.56 Å². The maximum absolute atomic E-state index is 12.1. The molecule has 0 aliphatic rings. The van der Waals surface area contributed by atoms with E-state index in [1.165, 1.54) is 6.20 Å². The van der Waals surface area contributed by atoms with Gasteiger partial charge in [0.05, 0.1) is 11.6 Å². The highest BCUT2D eigenvalue weighted by molar-refractivity contribution is 6.04. The summed E-state index contributed by atoms with van der Waals surface area (Å²) in [5.41, 5.74) is 7.74. The molecule has 27 heavy (non-hydrogen) atoms. The number of amides is 2. The van der Waals surface area contributed by atoms with E-state index in [-0.39, 0.29) is 42.0 Å². The van der Waals surface area contributed by atoms with E-state index in [1.807, 2.05) is 32.9 Å². The van der Waals surface area contributed by atoms with Crippen molar-refractivity contribution in [3.05, 3.63) is 59.9 Å². The van der Waals surface area contributed by atoms with E-state index < -0.39 is 6.04 Å². The second kappa shape index (κ2) is 10.9. The molecule has 148 valence electrons. The third-order valence-electron chi connectivity index (χ3n) is 3.82. The fraction of sp³-hybridized carbons (Fsp3) is 0.316. The molecule has 0 saturated carbocycles. The molecule has 2 rings (SSSR count). The Kier molecular flexibility index (Phi) is 10.0. The summed E-state index contributed by atoms with van der Waals surface area (Å²) >= 11 is 0. The van der Waals surface area contributed by atoms with Crippen molar-refractivity contribution >= 4 is 42.3 Å². The number of nitrogens with zero attached hydrogens (tertiary/aromatic N) is 1. The molecule has 8 heteroatoms. The number of rotatable bonds is 5. The molecular weight excluding hydrogens is 387 g/mol. The van der Waals surface area contributed by atoms with E-state index in [0.29, 0.717) is 17.8 Å². The van der Waals surface area contributed by atoms with Crippen LogP contribution in [0.4, 0.5) is 5.69 Å². The normalized spacial score (nSPS) is 11.4. The number of benzene rings is 1. The molecule has 0 spiro atoms. The highest BCUT2D eigenvalue weighted by Crippen LogP contribution is 2.17. The molecule has 4 N–H and O–H groups in total. The number of nitrogens with two attached hydrogens (primary N) is 1. The molecule has 2 amide bonds. The first kappa shape index (κ1) is 24.8. The summed E-state index contributed by atoms with van der Waals surface area (Å²) in [7, 11) is 0. The van der Waals surface area contributed by atoms with Gasteiger partial charge in [0.1, 0.15) is 0 Å². The topological polar surface area (TPSA) is 97.1 Å². The zero-order valence-corrected chi connectivity index (χ0v) is 17.2. The van der Waals surface area contributed by atoms with E-state index in [4.69, 9.17) is 5.73 Å². The monoisotopic (exact) mass is 412 g/mol. The lowest BCUT2D eigenvalue weighted by molar-refractivity contribution is -0.124. The van der Waals surface area contributed by atoms with Gasteiger partial charge in [-0.1, -0.05) is 32.9 Å². The van der Waals surface area contributed by atoms with Gasteiger partial charge in [-0.2, -0.15) is 0 Å². The number of anilines is 1. The molecule has 6 nitrogen and oxygen atoms in total. The number of nitrogens with one attached hydrogen (secondary N) is 2. The van der Waals surface area contributed by atoms with E-state index in [2.05, 4.69) is 15.6 Å². The van der Waals surface area contributed by atoms with Crippen molar-refractivity contribution in [3.8, 4) is 0 Å². The van der Waals surface area contributed by atoms with Gasteiger partial charge in [0.15, 0.2) is 0 Å². The summed E-state index contributed by atoms with van der Waals surface area (Å²) in [6, 6.07) is 10.1. The van der Waals surface area contributed by atoms with E-state index in [1.54, 1.807) is 30.5 Å². The number of hydrogen-bond donors (Lipinski definition) is 3. The van der Waals surface area contributed by atoms with Crippen molar-refractivity contribution in [1.29, 1.82) is 0 Å². The molecular formula is C19H26Cl2N4O2. The first-order chi connectivity index (χ1) is 11.8. The van der Waals surface area contributed by atoms with Gasteiger partial charge in [-0.05, 0) is 35.2 Å². The van der Waals surface area contributed by atoms with Crippen LogP contribution in [0.2, 0.25) is 0 Å². The van der Waals surface area contributed by atoms with Gasteiger partial charge in [-0.15, -0.1) is 24.8 Å². The average Bonchev–Trinajstić information content (AvgIpc) is 2.60. The number of carbonyl (C=O) groups is 2. The molecule has 0 aliphatic carbocycles. The molecule has 0 aliphatic heterocycles. The molecule has 0 radical (unpaired) electrons. The lowest BCUT2D eigenvalue weighted by Gasteiger charge is -2.25. The SMILES string of the molecule is CC(C)(C)[C@H](N)C(=O)NCc1ccc(NC(=O)c2cccnc2)cc1.Cl.Cl. The fourth-order valence-electron chi connectivity index (χ4n) is 2.10. The molecule has 1 aromatic carbocycles. The molecule has 0 unspecified atom stereocenters. The lowest BCUT2D eigenvalue weighted by atomic mass is 9.87. The number of hydrogen-bond acceptors (Lipinski definition) is 4. The van der Waals surface area contributed by atoms with Crippen molar-refractivity contribution in [1.82, 2.24) is 10.3 Å². The Labute approximate surface area is 172 Å². The Bertz CT molecular complexity index is 732. The summed E-state index contributed by atoms with van der Waals surface area (Å²) in [6.45, 7) is 6.17. The summed E-state index contributed by atoms with van der Waals surface area (Å²) in [4.78, 5) is 28.0. The Morgan fingerprint density at radius 1 is 1.11 bits per heavy atom. The second-order valence-corrected chi connectivity index (χ2v) is 6.95. The maximum Gasteiger partial charge on any atom is 0.257 e. The van der Waals surface area contributed by atoms with Gasteiger partial charge in [-0.3, -0.25) is 14.6 Å². The van der Waals surface area contributed by atoms with Gasteiger partial charge in [0, 0.05) is 24.6 Å². The standard InChI is InChI=1S/C19H24N4O2.2ClH/c1-19(2,3)16(20)18(25)22-11-13-6-8-15(9-7-13)23-17(24)14-5-4-10-21-12-14;;/h4-10,12,16H,11,20H2,1-3H3,(H,22,25)(H,23,24);2*1H/t16-;;/m1../s1. The van der Waals surface area contributed by atoms with Crippen LogP contribution in [0, 0.1) is 5.41 Å². The maximum atomic E-state index is 12.1. The van der Waals surface area contributed by atoms with Crippen LogP contribution in [0.5, 0.6) is 0 Å². The van der Waals surface area contributed by atoms with Gasteiger partial charge < -0.3 is 16.4 Å². The minimum absolute atomic E-state index is 0. The van der Waals surface area contributed by atoms with E-state index >= 15 is 0 Å². The highest BCUT2D eigenvalue weighted by atomic mass is 35.5. The summed E-state index contributed by atoms with van der Waals surface area (Å²) < 4.78 is 0. The van der Waals surface area contributed by atoms with Crippen LogP contribution in [0.3, 0.4) is 0 Å². The van der Waals surface area contributed by atoms with Gasteiger partial charge in [0.2, 0.25) is 5.91 Å². The third-order valence-corrected chi connectivity index (χ3v) is 3.82. The molecule has 1 heterocycles. The van der Waals surface area contributed by atoms with Crippen molar-refractivity contribution in [2.75, 3.05) is 5.32 Å². The predicted octanol–water partition coefficient (Wildman–Crippen LogP) is 3.17. The second-order valence-electron chi connectivity index (χ2n) is 6.95. The molecule has 0 saturated heterocycles. The van der Waals surface area contributed by atoms with Gasteiger partial charge in [-0.25, -0.2) is 0 Å². The van der Waals surface area contributed by atoms with Crippen LogP contribution in [0.25, 0.3) is 0 Å². The fourth-order valence-corrected chi connectivity index (χ4v) is 2.10. The van der Waals surface area contributed by atoms with Gasteiger partial charge in [0.25, 0.3) is 5.91 Å². The van der Waals surface area contributed by atoms with Crippen LogP contribution in [0.15, 0.2) is 48.8 Å². The van der Waals surface area contributed by atoms with Crippen LogP contribution in [-0.2, 0) is 11.3 Å². The zero-order valence-electron chi connectivity index (χ0n) is 15.6. The number of pyridine rings is 1. The zero-order chi connectivity index (χ0) is 18.4. The summed E-state index contributed by atoms with van der Waals surface area (Å²) in [5, 5.41) is 5.63. The first-order valence-corrected chi connectivity index (χ1v) is 8.11. The Balaban J connectivity index is 0.00000338. The molecule has 0 fully saturated rings. The Morgan fingerprint density at radius 3 is 2.26 bits per heavy atom. The third kappa shape index (κ3) is 7.54. The molecule has 2 aromatic rings. The summed E-state index contributed by atoms with van der Waals surface area (Å²) in [6.07, 6.45) is 3.13. The smallest absolute Gasteiger partial charge is 0.257 e. The minimum atomic E-state index is -0.564. The predicted molar refractivity (Wildman–Crippen MR) is 112 cm³/mol. The molecule has 0 bridgehead atoms. The quantitative estimate of drug-likeness (QED) is 0.702. The molecule has 1 atom stereocenters. The van der Waals surface area contributed by atoms with Crippen LogP contribution in [0.1, 0.15) is 36.7 Å². The summed E-state index contributed by atoms with van der Waals surface area (Å²) in [5.74, 6) is -0.397. The van der Waals surface area contributed by atoms with Gasteiger partial charge >= 0.3 is 0 Å². The minimum Gasteiger partial charge on any atom is -0.351 e. The Morgan fingerprint density at radius 2 is 1.74 bits per heavy atom. The average molecular weight is 413 g/mol. The Hall–Kier alpha value is -2.15. The number of carbonyl (C=O) groups excluding carboxylic acids is 2. The highest BCUT2D eigenvalue weighted by Gasteiger charge is 2.27. The first-order valence-electron chi connectivity index (χ1n) is 8.11. The van der Waals surface area contributed by atoms with E-state index in [9.17, 15) is 9.59 Å². The van der Waals surface area contributed by atoms with Crippen molar-refractivity contribution in [3.63, 3.8) is 0 Å². The number of halogens is 2. The van der Waals surface area contributed by atoms with Crippen LogP contribution < -0.4 is 16.4 Å². The largest absolute Gasteiger partial charge is 0.351 e. The lowest BCUT2D eigenvalue weighted by Crippen LogP contribution is -2.48.